The summed E-state index contributed by atoms with van der Waals surface area (Å²) >= 11 is 0. The van der Waals surface area contributed by atoms with Crippen molar-refractivity contribution in [2.75, 3.05) is 0 Å². The van der Waals surface area contributed by atoms with Gasteiger partial charge >= 0.3 is 0 Å². The van der Waals surface area contributed by atoms with Crippen molar-refractivity contribution in [2.24, 2.45) is 0 Å². The zero-order chi connectivity index (χ0) is 17.7. The molecular formula is C21H28N2Si. The van der Waals surface area contributed by atoms with Crippen LogP contribution in [0.1, 0.15) is 47.1 Å². The fraction of sp³-hybridized carbons (Fsp3) is 0.429. The Morgan fingerprint density at radius 3 is 1.96 bits per heavy atom. The Kier molecular flexibility index (Phi) is 5.96. The van der Waals surface area contributed by atoms with Gasteiger partial charge in [0.2, 0.25) is 0 Å². The van der Waals surface area contributed by atoms with Crippen LogP contribution in [0.15, 0.2) is 42.7 Å². The second-order valence-corrected chi connectivity index (χ2v) is 12.9. The minimum absolute atomic E-state index is 0.641. The van der Waals surface area contributed by atoms with E-state index in [1.807, 2.05) is 30.5 Å². The third-order valence-corrected chi connectivity index (χ3v) is 11.3. The fourth-order valence-corrected chi connectivity index (χ4v) is 9.00. The van der Waals surface area contributed by atoms with Crippen LogP contribution in [-0.4, -0.2) is 18.0 Å². The molecular weight excluding hydrogens is 308 g/mol. The first-order chi connectivity index (χ1) is 11.4. The maximum Gasteiger partial charge on any atom is 0.146 e. The molecule has 2 rings (SSSR count). The summed E-state index contributed by atoms with van der Waals surface area (Å²) in [5.41, 5.74) is 8.49. The fourth-order valence-electron chi connectivity index (χ4n) is 3.78. The van der Waals surface area contributed by atoms with Crippen molar-refractivity contribution in [3.63, 3.8) is 0 Å². The van der Waals surface area contributed by atoms with Gasteiger partial charge in [-0.15, -0.1) is 5.54 Å². The molecule has 0 aliphatic carbocycles. The summed E-state index contributed by atoms with van der Waals surface area (Å²) in [5.74, 6) is 3.48. The minimum Gasteiger partial charge on any atom is -0.255 e. The molecule has 0 aromatic carbocycles. The third-order valence-electron chi connectivity index (χ3n) is 4.98. The molecule has 0 bridgehead atoms. The Bertz CT molecular complexity index is 702. The maximum atomic E-state index is 4.44. The van der Waals surface area contributed by atoms with Crippen molar-refractivity contribution in [2.45, 2.75) is 58.2 Å². The lowest BCUT2D eigenvalue weighted by Crippen LogP contribution is -2.43. The number of rotatable bonds is 4. The van der Waals surface area contributed by atoms with Gasteiger partial charge in [0.15, 0.2) is 0 Å². The molecule has 0 fully saturated rings. The summed E-state index contributed by atoms with van der Waals surface area (Å²) in [7, 11) is -1.70. The number of hydrogen-bond acceptors (Lipinski definition) is 2. The first-order valence-corrected chi connectivity index (χ1v) is 11.0. The molecule has 0 aliphatic heterocycles. The van der Waals surface area contributed by atoms with Crippen molar-refractivity contribution in [1.29, 1.82) is 0 Å². The zero-order valence-electron chi connectivity index (χ0n) is 15.7. The molecule has 126 valence electrons. The van der Waals surface area contributed by atoms with Gasteiger partial charge < -0.3 is 0 Å². The predicted molar refractivity (Wildman–Crippen MR) is 105 cm³/mol. The highest BCUT2D eigenvalue weighted by Crippen LogP contribution is 2.40. The zero-order valence-corrected chi connectivity index (χ0v) is 16.7. The van der Waals surface area contributed by atoms with Crippen LogP contribution in [0.5, 0.6) is 0 Å². The van der Waals surface area contributed by atoms with E-state index in [1.165, 1.54) is 0 Å². The van der Waals surface area contributed by atoms with Crippen molar-refractivity contribution in [3.8, 4) is 22.9 Å². The third kappa shape index (κ3) is 3.76. The first kappa shape index (κ1) is 18.4. The molecule has 0 N–H and O–H groups in total. The normalized spacial score (nSPS) is 11.7. The topological polar surface area (TPSA) is 25.8 Å². The molecule has 0 aliphatic rings. The van der Waals surface area contributed by atoms with E-state index >= 15 is 0 Å². The van der Waals surface area contributed by atoms with Gasteiger partial charge in [-0.3, -0.25) is 9.97 Å². The second-order valence-electron chi connectivity index (χ2n) is 7.29. The molecule has 0 unspecified atom stereocenters. The summed E-state index contributed by atoms with van der Waals surface area (Å²) in [6.45, 7) is 14.0. The van der Waals surface area contributed by atoms with Crippen LogP contribution in [0.2, 0.25) is 16.6 Å². The summed E-state index contributed by atoms with van der Waals surface area (Å²) < 4.78 is 0. The average Bonchev–Trinajstić information content (AvgIpc) is 2.55. The molecule has 3 heteroatoms. The summed E-state index contributed by atoms with van der Waals surface area (Å²) in [5, 5.41) is 0. The Balaban J connectivity index is 2.43. The van der Waals surface area contributed by atoms with Gasteiger partial charge in [0.25, 0.3) is 0 Å². The lowest BCUT2D eigenvalue weighted by molar-refractivity contribution is 0.838. The molecule has 0 amide bonds. The van der Waals surface area contributed by atoms with Crippen LogP contribution in [0, 0.1) is 11.5 Å². The van der Waals surface area contributed by atoms with E-state index in [9.17, 15) is 0 Å². The SMILES string of the molecule is CC(C)[Si](C#Cc1ccnc(-c2ccccn2)c1)(C(C)C)C(C)C. The number of nitrogens with zero attached hydrogens (tertiary/aromatic N) is 2. The van der Waals surface area contributed by atoms with Gasteiger partial charge in [0.05, 0.1) is 11.4 Å². The van der Waals surface area contributed by atoms with Crippen LogP contribution in [0.25, 0.3) is 11.4 Å². The molecule has 0 saturated carbocycles. The number of hydrogen-bond donors (Lipinski definition) is 0. The maximum absolute atomic E-state index is 4.44. The lowest BCUT2D eigenvalue weighted by Gasteiger charge is -2.38. The van der Waals surface area contributed by atoms with Crippen molar-refractivity contribution >= 4 is 8.07 Å². The molecule has 0 saturated heterocycles. The Labute approximate surface area is 147 Å². The summed E-state index contributed by atoms with van der Waals surface area (Å²) in [6, 6.07) is 9.93. The minimum atomic E-state index is -1.70. The molecule has 2 nitrogen and oxygen atoms in total. The van der Waals surface area contributed by atoms with E-state index in [-0.39, 0.29) is 0 Å². The van der Waals surface area contributed by atoms with E-state index in [1.54, 1.807) is 6.20 Å². The van der Waals surface area contributed by atoms with Crippen LogP contribution in [-0.2, 0) is 0 Å². The van der Waals surface area contributed by atoms with Gasteiger partial charge in [0.1, 0.15) is 8.07 Å². The van der Waals surface area contributed by atoms with Gasteiger partial charge in [-0.1, -0.05) is 53.5 Å². The Morgan fingerprint density at radius 2 is 1.42 bits per heavy atom. The quantitative estimate of drug-likeness (QED) is 0.527. The number of aromatic nitrogens is 2. The van der Waals surface area contributed by atoms with E-state index in [0.717, 1.165) is 17.0 Å². The van der Waals surface area contributed by atoms with Crippen LogP contribution >= 0.6 is 0 Å². The highest BCUT2D eigenvalue weighted by atomic mass is 28.3. The van der Waals surface area contributed by atoms with Crippen molar-refractivity contribution < 1.29 is 0 Å². The van der Waals surface area contributed by atoms with Gasteiger partial charge in [-0.2, -0.15) is 0 Å². The Hall–Kier alpha value is -1.92. The van der Waals surface area contributed by atoms with Crippen LogP contribution in [0.3, 0.4) is 0 Å². The molecule has 2 aromatic heterocycles. The summed E-state index contributed by atoms with van der Waals surface area (Å²) in [6.07, 6.45) is 3.63. The van der Waals surface area contributed by atoms with Crippen molar-refractivity contribution in [1.82, 2.24) is 9.97 Å². The van der Waals surface area contributed by atoms with E-state index in [0.29, 0.717) is 16.6 Å². The van der Waals surface area contributed by atoms with Gasteiger partial charge in [0, 0.05) is 18.0 Å². The predicted octanol–water partition coefficient (Wildman–Crippen LogP) is 5.71. The second kappa shape index (κ2) is 7.77. The largest absolute Gasteiger partial charge is 0.255 e. The molecule has 2 heterocycles. The smallest absolute Gasteiger partial charge is 0.146 e. The Morgan fingerprint density at radius 1 is 0.792 bits per heavy atom. The number of pyridine rings is 2. The average molecular weight is 337 g/mol. The van der Waals surface area contributed by atoms with E-state index in [4.69, 9.17) is 0 Å². The highest BCUT2D eigenvalue weighted by molar-refractivity contribution is 6.90. The van der Waals surface area contributed by atoms with E-state index < -0.39 is 8.07 Å². The molecule has 0 radical (unpaired) electrons. The first-order valence-electron chi connectivity index (χ1n) is 8.78. The highest BCUT2D eigenvalue weighted by Gasteiger charge is 2.41. The van der Waals surface area contributed by atoms with E-state index in [2.05, 4.69) is 69.0 Å². The molecule has 0 spiro atoms. The lowest BCUT2D eigenvalue weighted by atomic mass is 10.2. The molecule has 24 heavy (non-hydrogen) atoms. The van der Waals surface area contributed by atoms with Crippen molar-refractivity contribution in [3.05, 3.63) is 48.3 Å². The van der Waals surface area contributed by atoms with Gasteiger partial charge in [-0.05, 0) is 40.9 Å². The van der Waals surface area contributed by atoms with Crippen LogP contribution < -0.4 is 0 Å². The molecule has 0 atom stereocenters. The standard InChI is InChI=1S/C21H28N2Si/c1-16(2)24(17(3)4,18(5)6)14-11-19-10-13-23-21(15-19)20-9-7-8-12-22-20/h7-10,12-13,15-18H,1-6H3. The van der Waals surface area contributed by atoms with Crippen LogP contribution in [0.4, 0.5) is 0 Å². The monoisotopic (exact) mass is 336 g/mol. The summed E-state index contributed by atoms with van der Waals surface area (Å²) in [4.78, 5) is 8.82. The molecule has 2 aromatic rings. The van der Waals surface area contributed by atoms with Gasteiger partial charge in [-0.25, -0.2) is 0 Å².